The van der Waals surface area contributed by atoms with Crippen LogP contribution in [0.25, 0.3) is 10.9 Å². The average Bonchev–Trinajstić information content (AvgIpc) is 2.76. The summed E-state index contributed by atoms with van der Waals surface area (Å²) in [4.78, 5) is 2.24. The Hall–Kier alpha value is -1.10. The molecule has 0 spiro atoms. The standard InChI is InChI=1S/C14H22N4.ClH/c1-4-18-14-8-6-5-7-12(14)13(16-18)10-17(3)11(2)9-15;/h5-8,11H,4,9-10,15H2,1-3H3;1H. The average molecular weight is 283 g/mol. The molecular weight excluding hydrogens is 260 g/mol. The molecule has 0 aliphatic rings. The summed E-state index contributed by atoms with van der Waals surface area (Å²) >= 11 is 0. The quantitative estimate of drug-likeness (QED) is 0.915. The summed E-state index contributed by atoms with van der Waals surface area (Å²) in [6, 6.07) is 8.77. The first-order chi connectivity index (χ1) is 8.67. The van der Waals surface area contributed by atoms with E-state index in [0.717, 1.165) is 18.8 Å². The number of nitrogens with two attached hydrogens (primary N) is 1. The Labute approximate surface area is 121 Å². The molecule has 0 amide bonds. The fraction of sp³-hybridized carbons (Fsp3) is 0.500. The van der Waals surface area contributed by atoms with Crippen molar-refractivity contribution >= 4 is 23.3 Å². The first-order valence-corrected chi connectivity index (χ1v) is 6.52. The summed E-state index contributed by atoms with van der Waals surface area (Å²) in [5.74, 6) is 0. The third-order valence-electron chi connectivity index (χ3n) is 3.53. The van der Waals surface area contributed by atoms with Gasteiger partial charge in [-0.05, 0) is 27.0 Å². The van der Waals surface area contributed by atoms with Crippen molar-refractivity contribution in [2.24, 2.45) is 5.73 Å². The Kier molecular flexibility index (Phi) is 5.79. The van der Waals surface area contributed by atoms with E-state index in [1.807, 2.05) is 0 Å². The summed E-state index contributed by atoms with van der Waals surface area (Å²) in [5, 5.41) is 5.94. The molecule has 2 rings (SSSR count). The van der Waals surface area contributed by atoms with Gasteiger partial charge in [0.15, 0.2) is 0 Å². The van der Waals surface area contributed by atoms with Crippen LogP contribution in [0.5, 0.6) is 0 Å². The van der Waals surface area contributed by atoms with Crippen molar-refractivity contribution in [2.75, 3.05) is 13.6 Å². The summed E-state index contributed by atoms with van der Waals surface area (Å²) in [5.41, 5.74) is 8.05. The number of nitrogens with zero attached hydrogens (tertiary/aromatic N) is 3. The van der Waals surface area contributed by atoms with Gasteiger partial charge in [0.05, 0.1) is 11.2 Å². The molecule has 0 saturated carbocycles. The van der Waals surface area contributed by atoms with Crippen LogP contribution < -0.4 is 5.73 Å². The molecule has 19 heavy (non-hydrogen) atoms. The maximum atomic E-state index is 5.70. The van der Waals surface area contributed by atoms with Crippen LogP contribution in [0.15, 0.2) is 24.3 Å². The fourth-order valence-electron chi connectivity index (χ4n) is 2.13. The first kappa shape index (κ1) is 16.0. The number of likely N-dealkylation sites (N-methyl/N-ethyl adjacent to an activating group) is 1. The molecule has 1 heterocycles. The number of aryl methyl sites for hydroxylation is 1. The van der Waals surface area contributed by atoms with E-state index in [0.29, 0.717) is 12.6 Å². The van der Waals surface area contributed by atoms with Crippen LogP contribution in [0.2, 0.25) is 0 Å². The third-order valence-corrected chi connectivity index (χ3v) is 3.53. The second-order valence-electron chi connectivity index (χ2n) is 4.78. The smallest absolute Gasteiger partial charge is 0.0843 e. The van der Waals surface area contributed by atoms with Crippen molar-refractivity contribution in [2.45, 2.75) is 33.0 Å². The third kappa shape index (κ3) is 3.26. The van der Waals surface area contributed by atoms with Crippen molar-refractivity contribution in [1.29, 1.82) is 0 Å². The van der Waals surface area contributed by atoms with Crippen molar-refractivity contribution in [3.8, 4) is 0 Å². The molecule has 4 nitrogen and oxygen atoms in total. The minimum Gasteiger partial charge on any atom is -0.329 e. The number of rotatable bonds is 5. The fourth-order valence-corrected chi connectivity index (χ4v) is 2.13. The molecule has 0 saturated heterocycles. The lowest BCUT2D eigenvalue weighted by molar-refractivity contribution is 0.252. The van der Waals surface area contributed by atoms with E-state index in [-0.39, 0.29) is 12.4 Å². The van der Waals surface area contributed by atoms with Gasteiger partial charge < -0.3 is 5.73 Å². The number of para-hydroxylation sites is 1. The number of hydrogen-bond acceptors (Lipinski definition) is 3. The maximum absolute atomic E-state index is 5.70. The lowest BCUT2D eigenvalue weighted by Gasteiger charge is -2.22. The molecule has 0 fully saturated rings. The zero-order valence-electron chi connectivity index (χ0n) is 11.8. The Balaban J connectivity index is 0.00000180. The van der Waals surface area contributed by atoms with Gasteiger partial charge in [-0.15, -0.1) is 12.4 Å². The lowest BCUT2D eigenvalue weighted by atomic mass is 10.2. The molecule has 1 aromatic carbocycles. The van der Waals surface area contributed by atoms with Crippen LogP contribution in [-0.4, -0.2) is 34.3 Å². The maximum Gasteiger partial charge on any atom is 0.0843 e. The molecule has 0 aliphatic heterocycles. The highest BCUT2D eigenvalue weighted by atomic mass is 35.5. The van der Waals surface area contributed by atoms with E-state index in [1.165, 1.54) is 10.9 Å². The molecule has 2 aromatic rings. The Bertz CT molecular complexity index is 523. The minimum absolute atomic E-state index is 0. The molecule has 0 bridgehead atoms. The number of benzene rings is 1. The Morgan fingerprint density at radius 2 is 2.05 bits per heavy atom. The topological polar surface area (TPSA) is 47.1 Å². The molecule has 1 aromatic heterocycles. The Morgan fingerprint density at radius 1 is 1.37 bits per heavy atom. The van der Waals surface area contributed by atoms with Crippen LogP contribution in [0.4, 0.5) is 0 Å². The summed E-state index contributed by atoms with van der Waals surface area (Å²) in [6.45, 7) is 6.67. The van der Waals surface area contributed by atoms with Gasteiger partial charge in [-0.1, -0.05) is 18.2 Å². The lowest BCUT2D eigenvalue weighted by Crippen LogP contribution is -2.34. The van der Waals surface area contributed by atoms with E-state index in [1.54, 1.807) is 0 Å². The van der Waals surface area contributed by atoms with E-state index in [4.69, 9.17) is 10.8 Å². The van der Waals surface area contributed by atoms with E-state index >= 15 is 0 Å². The number of fused-ring (bicyclic) bond motifs is 1. The highest BCUT2D eigenvalue weighted by molar-refractivity contribution is 5.85. The zero-order chi connectivity index (χ0) is 13.1. The molecule has 1 atom stereocenters. The molecular formula is C14H23ClN4. The highest BCUT2D eigenvalue weighted by Gasteiger charge is 2.13. The van der Waals surface area contributed by atoms with Crippen LogP contribution >= 0.6 is 12.4 Å². The SMILES string of the molecule is CCn1nc(CN(C)C(C)CN)c2ccccc21.Cl. The number of halogens is 1. The normalized spacial score (nSPS) is 12.7. The van der Waals surface area contributed by atoms with E-state index in [9.17, 15) is 0 Å². The monoisotopic (exact) mass is 282 g/mol. The number of hydrogen-bond donors (Lipinski definition) is 1. The molecule has 0 aliphatic carbocycles. The van der Waals surface area contributed by atoms with Crippen LogP contribution in [0.1, 0.15) is 19.5 Å². The molecule has 5 heteroatoms. The van der Waals surface area contributed by atoms with E-state index < -0.39 is 0 Å². The second kappa shape index (κ2) is 6.89. The summed E-state index contributed by atoms with van der Waals surface area (Å²) in [6.07, 6.45) is 0. The Morgan fingerprint density at radius 3 is 2.68 bits per heavy atom. The first-order valence-electron chi connectivity index (χ1n) is 6.52. The zero-order valence-corrected chi connectivity index (χ0v) is 12.7. The molecule has 0 radical (unpaired) electrons. The van der Waals surface area contributed by atoms with Gasteiger partial charge in [0.25, 0.3) is 0 Å². The number of aromatic nitrogens is 2. The van der Waals surface area contributed by atoms with Crippen LogP contribution in [-0.2, 0) is 13.1 Å². The minimum atomic E-state index is 0. The van der Waals surface area contributed by atoms with Gasteiger partial charge in [0.2, 0.25) is 0 Å². The van der Waals surface area contributed by atoms with Gasteiger partial charge in [0.1, 0.15) is 0 Å². The predicted octanol–water partition coefficient (Wildman–Crippen LogP) is 2.26. The molecule has 106 valence electrons. The van der Waals surface area contributed by atoms with Gasteiger partial charge in [-0.25, -0.2) is 0 Å². The predicted molar refractivity (Wildman–Crippen MR) is 82.6 cm³/mol. The second-order valence-corrected chi connectivity index (χ2v) is 4.78. The van der Waals surface area contributed by atoms with Gasteiger partial charge in [-0.2, -0.15) is 5.10 Å². The summed E-state index contributed by atoms with van der Waals surface area (Å²) < 4.78 is 2.06. The highest BCUT2D eigenvalue weighted by Crippen LogP contribution is 2.19. The van der Waals surface area contributed by atoms with Crippen molar-refractivity contribution in [3.05, 3.63) is 30.0 Å². The van der Waals surface area contributed by atoms with Crippen LogP contribution in [0.3, 0.4) is 0 Å². The van der Waals surface area contributed by atoms with Gasteiger partial charge in [-0.3, -0.25) is 9.58 Å². The molecule has 1 unspecified atom stereocenters. The summed E-state index contributed by atoms with van der Waals surface area (Å²) in [7, 11) is 2.09. The van der Waals surface area contributed by atoms with Crippen molar-refractivity contribution in [3.63, 3.8) is 0 Å². The van der Waals surface area contributed by atoms with Crippen LogP contribution in [0, 0.1) is 0 Å². The largest absolute Gasteiger partial charge is 0.329 e. The van der Waals surface area contributed by atoms with Gasteiger partial charge in [0, 0.05) is 31.1 Å². The molecule has 2 N–H and O–H groups in total. The van der Waals surface area contributed by atoms with Crippen molar-refractivity contribution < 1.29 is 0 Å². The van der Waals surface area contributed by atoms with Gasteiger partial charge >= 0.3 is 0 Å². The van der Waals surface area contributed by atoms with Crippen molar-refractivity contribution in [1.82, 2.24) is 14.7 Å². The van der Waals surface area contributed by atoms with E-state index in [2.05, 4.69) is 54.7 Å².